The summed E-state index contributed by atoms with van der Waals surface area (Å²) < 4.78 is 0. The fourth-order valence-corrected chi connectivity index (χ4v) is 1.72. The number of Topliss-reactive ketones (excluding diaryl/α,β-unsaturated/α-hetero) is 1. The van der Waals surface area contributed by atoms with Crippen LogP contribution < -0.4 is 17.2 Å². The summed E-state index contributed by atoms with van der Waals surface area (Å²) in [4.78, 5) is 23.5. The minimum absolute atomic E-state index is 0.102. The number of primary amides is 1. The van der Waals surface area contributed by atoms with E-state index in [9.17, 15) is 9.59 Å². The fourth-order valence-electron chi connectivity index (χ4n) is 1.72. The number of nitrogens with two attached hydrogens (primary N) is 3. The van der Waals surface area contributed by atoms with E-state index < -0.39 is 11.4 Å². The third-order valence-electron chi connectivity index (χ3n) is 2.92. The summed E-state index contributed by atoms with van der Waals surface area (Å²) in [6, 6.07) is 9.12. The van der Waals surface area contributed by atoms with E-state index in [0.717, 1.165) is 5.56 Å². The Bertz CT molecular complexity index is 420. The van der Waals surface area contributed by atoms with E-state index in [-0.39, 0.29) is 18.6 Å². The minimum atomic E-state index is -1.62. The molecule has 1 aromatic rings. The van der Waals surface area contributed by atoms with Crippen molar-refractivity contribution in [3.63, 3.8) is 0 Å². The van der Waals surface area contributed by atoms with Gasteiger partial charge in [-0.1, -0.05) is 30.3 Å². The van der Waals surface area contributed by atoms with Crippen molar-refractivity contribution in [3.8, 4) is 0 Å². The highest BCUT2D eigenvalue weighted by atomic mass is 16.2. The zero-order valence-electron chi connectivity index (χ0n) is 10.3. The van der Waals surface area contributed by atoms with Gasteiger partial charge in [0.2, 0.25) is 5.91 Å². The van der Waals surface area contributed by atoms with E-state index in [1.54, 1.807) is 0 Å². The van der Waals surface area contributed by atoms with E-state index >= 15 is 0 Å². The molecule has 0 saturated carbocycles. The first-order valence-electron chi connectivity index (χ1n) is 5.87. The maximum Gasteiger partial charge on any atom is 0.245 e. The Morgan fingerprint density at radius 1 is 1.17 bits per heavy atom. The number of benzene rings is 1. The molecule has 0 aliphatic carbocycles. The molecule has 5 heteroatoms. The van der Waals surface area contributed by atoms with Crippen LogP contribution in [0.2, 0.25) is 0 Å². The molecule has 18 heavy (non-hydrogen) atoms. The predicted octanol–water partition coefficient (Wildman–Crippen LogP) is -0.280. The van der Waals surface area contributed by atoms with Crippen LogP contribution in [-0.4, -0.2) is 23.8 Å². The summed E-state index contributed by atoms with van der Waals surface area (Å²) in [5.41, 5.74) is 15.6. The van der Waals surface area contributed by atoms with E-state index in [1.807, 2.05) is 30.3 Å². The Balaban J connectivity index is 2.80. The molecule has 5 nitrogen and oxygen atoms in total. The highest BCUT2D eigenvalue weighted by Gasteiger charge is 2.38. The van der Waals surface area contributed by atoms with Gasteiger partial charge in [0.15, 0.2) is 11.3 Å². The van der Waals surface area contributed by atoms with Gasteiger partial charge in [-0.3, -0.25) is 9.59 Å². The van der Waals surface area contributed by atoms with Crippen molar-refractivity contribution in [2.45, 2.75) is 24.8 Å². The molecule has 1 aromatic carbocycles. The first-order valence-corrected chi connectivity index (χ1v) is 5.87. The summed E-state index contributed by atoms with van der Waals surface area (Å²) >= 11 is 0. The summed E-state index contributed by atoms with van der Waals surface area (Å²) in [6.45, 7) is 0.366. The molecule has 98 valence electrons. The molecule has 0 fully saturated rings. The van der Waals surface area contributed by atoms with Crippen molar-refractivity contribution < 1.29 is 9.59 Å². The summed E-state index contributed by atoms with van der Waals surface area (Å²) in [7, 11) is 0. The maximum absolute atomic E-state index is 12.1. The number of rotatable bonds is 7. The number of ketones is 1. The van der Waals surface area contributed by atoms with Gasteiger partial charge in [0, 0.05) is 6.42 Å². The Morgan fingerprint density at radius 3 is 2.28 bits per heavy atom. The molecule has 0 aromatic heterocycles. The molecule has 0 saturated heterocycles. The largest absolute Gasteiger partial charge is 0.368 e. The number of amides is 1. The lowest BCUT2D eigenvalue weighted by Gasteiger charge is -2.24. The van der Waals surface area contributed by atoms with Crippen LogP contribution >= 0.6 is 0 Å². The molecule has 0 aliphatic rings. The lowest BCUT2D eigenvalue weighted by Crippen LogP contribution is -2.58. The average molecular weight is 249 g/mol. The van der Waals surface area contributed by atoms with E-state index in [1.165, 1.54) is 0 Å². The fraction of sp³-hybridized carbons (Fsp3) is 0.385. The topological polar surface area (TPSA) is 112 Å². The molecule has 1 atom stereocenters. The van der Waals surface area contributed by atoms with Crippen LogP contribution in [0, 0.1) is 0 Å². The van der Waals surface area contributed by atoms with Gasteiger partial charge in [0.1, 0.15) is 0 Å². The van der Waals surface area contributed by atoms with E-state index in [2.05, 4.69) is 0 Å². The maximum atomic E-state index is 12.1. The number of hydrogen-bond acceptors (Lipinski definition) is 4. The number of carbonyl (C=O) groups excluding carboxylic acids is 2. The van der Waals surface area contributed by atoms with Gasteiger partial charge < -0.3 is 17.2 Å². The molecular weight excluding hydrogens is 230 g/mol. The average Bonchev–Trinajstić information content (AvgIpc) is 2.36. The van der Waals surface area contributed by atoms with Gasteiger partial charge in [0.25, 0.3) is 0 Å². The molecule has 6 N–H and O–H groups in total. The summed E-state index contributed by atoms with van der Waals surface area (Å²) in [5.74, 6) is -1.16. The molecule has 0 radical (unpaired) electrons. The van der Waals surface area contributed by atoms with Crippen molar-refractivity contribution >= 4 is 11.7 Å². The zero-order valence-corrected chi connectivity index (χ0v) is 10.3. The van der Waals surface area contributed by atoms with Crippen LogP contribution in [0.25, 0.3) is 0 Å². The first-order chi connectivity index (χ1) is 8.50. The Morgan fingerprint density at radius 2 is 1.78 bits per heavy atom. The zero-order chi connectivity index (χ0) is 13.6. The van der Waals surface area contributed by atoms with Gasteiger partial charge in [-0.15, -0.1) is 0 Å². The SMILES string of the molecule is NCCC[C@](N)(C(N)=O)C(=O)Cc1ccccc1. The van der Waals surface area contributed by atoms with Gasteiger partial charge >= 0.3 is 0 Å². The van der Waals surface area contributed by atoms with E-state index in [4.69, 9.17) is 17.2 Å². The van der Waals surface area contributed by atoms with Crippen LogP contribution in [0.1, 0.15) is 18.4 Å². The van der Waals surface area contributed by atoms with Crippen LogP contribution in [0.4, 0.5) is 0 Å². The second-order valence-corrected chi connectivity index (χ2v) is 4.31. The molecular formula is C13H19N3O2. The quantitative estimate of drug-likeness (QED) is 0.577. The van der Waals surface area contributed by atoms with Crippen molar-refractivity contribution in [1.29, 1.82) is 0 Å². The van der Waals surface area contributed by atoms with Gasteiger partial charge in [-0.25, -0.2) is 0 Å². The van der Waals surface area contributed by atoms with Crippen LogP contribution in [-0.2, 0) is 16.0 Å². The monoisotopic (exact) mass is 249 g/mol. The Hall–Kier alpha value is -1.72. The second kappa shape index (κ2) is 6.28. The van der Waals surface area contributed by atoms with Crippen molar-refractivity contribution in [2.24, 2.45) is 17.2 Å². The van der Waals surface area contributed by atoms with Gasteiger partial charge in [-0.2, -0.15) is 0 Å². The van der Waals surface area contributed by atoms with Gasteiger partial charge in [-0.05, 0) is 24.9 Å². The van der Waals surface area contributed by atoms with Crippen LogP contribution in [0.15, 0.2) is 30.3 Å². The Labute approximate surface area is 106 Å². The predicted molar refractivity (Wildman–Crippen MR) is 69.6 cm³/mol. The highest BCUT2D eigenvalue weighted by Crippen LogP contribution is 2.14. The first kappa shape index (κ1) is 14.3. The van der Waals surface area contributed by atoms with Crippen LogP contribution in [0.5, 0.6) is 0 Å². The molecule has 1 rings (SSSR count). The van der Waals surface area contributed by atoms with E-state index in [0.29, 0.717) is 13.0 Å². The molecule has 1 amide bonds. The normalized spacial score (nSPS) is 13.9. The molecule has 0 spiro atoms. The third-order valence-corrected chi connectivity index (χ3v) is 2.92. The molecule has 0 unspecified atom stereocenters. The van der Waals surface area contributed by atoms with Crippen LogP contribution in [0.3, 0.4) is 0 Å². The Kier molecular flexibility index (Phi) is 5.00. The van der Waals surface area contributed by atoms with Gasteiger partial charge in [0.05, 0.1) is 0 Å². The van der Waals surface area contributed by atoms with Crippen molar-refractivity contribution in [1.82, 2.24) is 0 Å². The second-order valence-electron chi connectivity index (χ2n) is 4.31. The summed E-state index contributed by atoms with van der Waals surface area (Å²) in [6.07, 6.45) is 0.773. The molecule has 0 aliphatic heterocycles. The standard InChI is InChI=1S/C13H19N3O2/c14-8-4-7-13(16,12(15)18)11(17)9-10-5-2-1-3-6-10/h1-3,5-6H,4,7-9,14,16H2,(H2,15,18)/t13-/m1/s1. The highest BCUT2D eigenvalue weighted by molar-refractivity contribution is 6.10. The molecule has 0 bridgehead atoms. The summed E-state index contributed by atoms with van der Waals surface area (Å²) in [5, 5.41) is 0. The lowest BCUT2D eigenvalue weighted by molar-refractivity contribution is -0.134. The number of hydrogen-bond donors (Lipinski definition) is 3. The minimum Gasteiger partial charge on any atom is -0.368 e. The number of carbonyl (C=O) groups is 2. The lowest BCUT2D eigenvalue weighted by atomic mass is 9.85. The third kappa shape index (κ3) is 3.38. The van der Waals surface area contributed by atoms with Crippen molar-refractivity contribution in [2.75, 3.05) is 6.54 Å². The molecule has 0 heterocycles. The smallest absolute Gasteiger partial charge is 0.245 e. The van der Waals surface area contributed by atoms with Crippen molar-refractivity contribution in [3.05, 3.63) is 35.9 Å².